The van der Waals surface area contributed by atoms with Gasteiger partial charge in [0.2, 0.25) is 0 Å². The van der Waals surface area contributed by atoms with E-state index in [0.29, 0.717) is 23.7 Å². The van der Waals surface area contributed by atoms with Crippen LogP contribution in [0.15, 0.2) is 36.7 Å². The zero-order valence-corrected chi connectivity index (χ0v) is 16.6. The summed E-state index contributed by atoms with van der Waals surface area (Å²) in [4.78, 5) is 17.2. The van der Waals surface area contributed by atoms with E-state index in [0.717, 1.165) is 30.6 Å². The van der Waals surface area contributed by atoms with E-state index in [-0.39, 0.29) is 12.0 Å². The van der Waals surface area contributed by atoms with E-state index in [4.69, 9.17) is 4.74 Å². The number of hydrogen-bond donors (Lipinski definition) is 1. The first-order valence-corrected chi connectivity index (χ1v) is 9.89. The summed E-state index contributed by atoms with van der Waals surface area (Å²) in [6.07, 6.45) is 6.81. The van der Waals surface area contributed by atoms with E-state index in [2.05, 4.69) is 22.3 Å². The molecule has 1 N–H and O–H groups in total. The molecule has 0 saturated carbocycles. The highest BCUT2D eigenvalue weighted by molar-refractivity contribution is 5.99. The Morgan fingerprint density at radius 2 is 2.07 bits per heavy atom. The minimum absolute atomic E-state index is 0.141. The van der Waals surface area contributed by atoms with Gasteiger partial charge in [0.25, 0.3) is 5.91 Å². The summed E-state index contributed by atoms with van der Waals surface area (Å²) in [5.41, 5.74) is 4.58. The van der Waals surface area contributed by atoms with Gasteiger partial charge in [-0.2, -0.15) is 5.10 Å². The fraction of sp³-hybridized carbons (Fsp3) is 0.409. The van der Waals surface area contributed by atoms with Gasteiger partial charge in [-0.1, -0.05) is 19.1 Å². The number of aryl methyl sites for hydroxylation is 1. The van der Waals surface area contributed by atoms with Gasteiger partial charge in [-0.15, -0.1) is 0 Å². The van der Waals surface area contributed by atoms with Crippen molar-refractivity contribution in [1.82, 2.24) is 19.9 Å². The lowest BCUT2D eigenvalue weighted by Crippen LogP contribution is -2.23. The van der Waals surface area contributed by atoms with E-state index in [1.54, 1.807) is 6.20 Å². The molecule has 0 aliphatic heterocycles. The number of fused-ring (bicyclic) bond motifs is 3. The molecule has 0 unspecified atom stereocenters. The smallest absolute Gasteiger partial charge is 0.257 e. The number of rotatable bonds is 5. The predicted molar refractivity (Wildman–Crippen MR) is 108 cm³/mol. The molecule has 0 radical (unpaired) electrons. The lowest BCUT2D eigenvalue weighted by molar-refractivity contribution is 0.0952. The van der Waals surface area contributed by atoms with Crippen molar-refractivity contribution in [1.29, 1.82) is 0 Å². The topological polar surface area (TPSA) is 68.5 Å². The first kappa shape index (κ1) is 18.5. The van der Waals surface area contributed by atoms with Crippen molar-refractivity contribution in [2.45, 2.75) is 52.7 Å². The van der Waals surface area contributed by atoms with Crippen LogP contribution in [0.5, 0.6) is 5.75 Å². The Morgan fingerprint density at radius 1 is 1.29 bits per heavy atom. The van der Waals surface area contributed by atoms with Gasteiger partial charge in [-0.25, -0.2) is 9.50 Å². The Labute approximate surface area is 164 Å². The minimum Gasteiger partial charge on any atom is -0.491 e. The summed E-state index contributed by atoms with van der Waals surface area (Å²) < 4.78 is 7.49. The van der Waals surface area contributed by atoms with Crippen LogP contribution in [0.2, 0.25) is 0 Å². The molecule has 2 heterocycles. The highest BCUT2D eigenvalue weighted by atomic mass is 16.5. The lowest BCUT2D eigenvalue weighted by atomic mass is 9.89. The second kappa shape index (κ2) is 7.62. The van der Waals surface area contributed by atoms with Crippen LogP contribution in [-0.2, 0) is 19.4 Å². The zero-order chi connectivity index (χ0) is 19.7. The predicted octanol–water partition coefficient (Wildman–Crippen LogP) is 3.57. The SMILES string of the molecule is CC(C)Oc1ccc(CNC(=O)c2cnn3c4c(cnc23)C[C@@H](C)CC4)cc1. The van der Waals surface area contributed by atoms with Crippen LogP contribution < -0.4 is 10.1 Å². The first-order valence-electron chi connectivity index (χ1n) is 9.89. The average molecular weight is 378 g/mol. The van der Waals surface area contributed by atoms with Gasteiger partial charge >= 0.3 is 0 Å². The molecule has 0 saturated heterocycles. The molecule has 3 aromatic rings. The van der Waals surface area contributed by atoms with Crippen molar-refractivity contribution in [3.05, 3.63) is 59.0 Å². The van der Waals surface area contributed by atoms with Crippen LogP contribution in [0, 0.1) is 5.92 Å². The molecular weight excluding hydrogens is 352 g/mol. The fourth-order valence-corrected chi connectivity index (χ4v) is 3.71. The minimum atomic E-state index is -0.158. The van der Waals surface area contributed by atoms with Gasteiger partial charge in [0.15, 0.2) is 5.65 Å². The van der Waals surface area contributed by atoms with Gasteiger partial charge in [0.1, 0.15) is 11.3 Å². The van der Waals surface area contributed by atoms with E-state index in [1.807, 2.05) is 48.8 Å². The number of hydrogen-bond acceptors (Lipinski definition) is 4. The van der Waals surface area contributed by atoms with Gasteiger partial charge in [-0.05, 0) is 62.3 Å². The zero-order valence-electron chi connectivity index (χ0n) is 16.6. The van der Waals surface area contributed by atoms with Crippen LogP contribution in [0.3, 0.4) is 0 Å². The molecule has 0 fully saturated rings. The number of nitrogens with zero attached hydrogens (tertiary/aromatic N) is 3. The average Bonchev–Trinajstić information content (AvgIpc) is 3.11. The number of ether oxygens (including phenoxy) is 1. The third-order valence-corrected chi connectivity index (χ3v) is 5.15. The second-order valence-corrected chi connectivity index (χ2v) is 7.86. The molecular formula is C22H26N4O2. The Morgan fingerprint density at radius 3 is 2.82 bits per heavy atom. The molecule has 28 heavy (non-hydrogen) atoms. The summed E-state index contributed by atoms with van der Waals surface area (Å²) in [5, 5.41) is 7.42. The molecule has 0 bridgehead atoms. The molecule has 0 spiro atoms. The molecule has 1 aliphatic rings. The standard InChI is InChI=1S/C22H26N4O2/c1-14(2)28-18-7-5-16(6-8-18)11-24-22(27)19-13-25-26-20-9-4-15(3)10-17(20)12-23-21(19)26/h5-8,12-15H,4,9-11H2,1-3H3,(H,24,27)/t15-/m0/s1. The Bertz CT molecular complexity index is 992. The summed E-state index contributed by atoms with van der Waals surface area (Å²) in [5.74, 6) is 1.34. The maximum absolute atomic E-state index is 12.7. The third kappa shape index (κ3) is 3.72. The van der Waals surface area contributed by atoms with Gasteiger partial charge in [-0.3, -0.25) is 4.79 Å². The molecule has 6 nitrogen and oxygen atoms in total. The molecule has 1 aromatic carbocycles. The number of benzene rings is 1. The molecule has 1 atom stereocenters. The largest absolute Gasteiger partial charge is 0.491 e. The molecule has 2 aromatic heterocycles. The summed E-state index contributed by atoms with van der Waals surface area (Å²) in [7, 11) is 0. The van der Waals surface area contributed by atoms with Gasteiger partial charge in [0.05, 0.1) is 12.3 Å². The van der Waals surface area contributed by atoms with E-state index < -0.39 is 0 Å². The van der Waals surface area contributed by atoms with Crippen LogP contribution in [0.1, 0.15) is 54.4 Å². The summed E-state index contributed by atoms with van der Waals surface area (Å²) >= 11 is 0. The normalized spacial score (nSPS) is 16.2. The van der Waals surface area contributed by atoms with E-state index >= 15 is 0 Å². The van der Waals surface area contributed by atoms with Crippen molar-refractivity contribution in [3.8, 4) is 5.75 Å². The highest BCUT2D eigenvalue weighted by Crippen LogP contribution is 2.25. The van der Waals surface area contributed by atoms with Crippen LogP contribution in [0.25, 0.3) is 5.65 Å². The van der Waals surface area contributed by atoms with Crippen LogP contribution in [-0.4, -0.2) is 26.6 Å². The van der Waals surface area contributed by atoms with Crippen molar-refractivity contribution in [2.24, 2.45) is 5.92 Å². The van der Waals surface area contributed by atoms with Crippen molar-refractivity contribution >= 4 is 11.6 Å². The maximum atomic E-state index is 12.7. The molecule has 1 amide bonds. The molecule has 6 heteroatoms. The number of amides is 1. The quantitative estimate of drug-likeness (QED) is 0.737. The lowest BCUT2D eigenvalue weighted by Gasteiger charge is -2.21. The summed E-state index contributed by atoms with van der Waals surface area (Å²) in [6, 6.07) is 7.77. The first-order chi connectivity index (χ1) is 13.5. The van der Waals surface area contributed by atoms with Crippen LogP contribution in [0.4, 0.5) is 0 Å². The third-order valence-electron chi connectivity index (χ3n) is 5.15. The van der Waals surface area contributed by atoms with E-state index in [9.17, 15) is 4.79 Å². The van der Waals surface area contributed by atoms with Crippen LogP contribution >= 0.6 is 0 Å². The number of carbonyl (C=O) groups excluding carboxylic acids is 1. The fourth-order valence-electron chi connectivity index (χ4n) is 3.71. The highest BCUT2D eigenvalue weighted by Gasteiger charge is 2.22. The van der Waals surface area contributed by atoms with Gasteiger partial charge in [0, 0.05) is 18.4 Å². The Hall–Kier alpha value is -2.89. The second-order valence-electron chi connectivity index (χ2n) is 7.86. The van der Waals surface area contributed by atoms with Crippen molar-refractivity contribution < 1.29 is 9.53 Å². The Balaban J connectivity index is 1.47. The van der Waals surface area contributed by atoms with Crippen molar-refractivity contribution in [2.75, 3.05) is 0 Å². The number of carbonyl (C=O) groups is 1. The molecule has 1 aliphatic carbocycles. The van der Waals surface area contributed by atoms with Gasteiger partial charge < -0.3 is 10.1 Å². The number of aromatic nitrogens is 3. The summed E-state index contributed by atoms with van der Waals surface area (Å²) in [6.45, 7) is 6.70. The number of nitrogens with one attached hydrogen (secondary N) is 1. The van der Waals surface area contributed by atoms with Crippen molar-refractivity contribution in [3.63, 3.8) is 0 Å². The molecule has 146 valence electrons. The maximum Gasteiger partial charge on any atom is 0.257 e. The van der Waals surface area contributed by atoms with E-state index in [1.165, 1.54) is 11.3 Å². The Kier molecular flexibility index (Phi) is 5.03. The molecule has 4 rings (SSSR count). The monoisotopic (exact) mass is 378 g/mol.